The van der Waals surface area contributed by atoms with Crippen molar-refractivity contribution in [1.82, 2.24) is 0 Å². The number of terminal acetylenes is 1. The van der Waals surface area contributed by atoms with Crippen molar-refractivity contribution in [3.63, 3.8) is 0 Å². The molecule has 0 aliphatic carbocycles. The summed E-state index contributed by atoms with van der Waals surface area (Å²) in [6, 6.07) is 0. The van der Waals surface area contributed by atoms with E-state index in [9.17, 15) is 0 Å². The number of hydrogen-bond donors (Lipinski definition) is 0. The molecule has 0 aromatic heterocycles. The Balaban J connectivity index is 3.13. The van der Waals surface area contributed by atoms with Crippen LogP contribution in [0.5, 0.6) is 0 Å². The fraction of sp³-hybridized carbons (Fsp3) is 0.250. The molecule has 0 rings (SSSR count). The van der Waals surface area contributed by atoms with Crippen LogP contribution >= 0.6 is 12.2 Å². The van der Waals surface area contributed by atoms with E-state index in [0.717, 1.165) is 0 Å². The minimum Gasteiger partial charge on any atom is -0.401 e. The highest BCUT2D eigenvalue weighted by Crippen LogP contribution is 1.72. The number of thiocarbonyl (C=S) groups is 1. The predicted octanol–water partition coefficient (Wildman–Crippen LogP) is 0.941. The third-order valence-electron chi connectivity index (χ3n) is 0.203. The quantitative estimate of drug-likeness (QED) is 0.331. The summed E-state index contributed by atoms with van der Waals surface area (Å²) < 4.78 is 4.30. The lowest BCUT2D eigenvalue weighted by atomic mass is 10.9. The van der Waals surface area contributed by atoms with Crippen LogP contribution in [0.15, 0.2) is 0 Å². The summed E-state index contributed by atoms with van der Waals surface area (Å²) in [7, 11) is 0. The topological polar surface area (TPSA) is 9.23 Å². The monoisotopic (exact) mass is 100.0 g/mol. The van der Waals surface area contributed by atoms with E-state index in [1.165, 1.54) is 0 Å². The third kappa shape index (κ3) is 3.45. The molecular formula is C4H4OS. The molecule has 32 valence electrons. The molecule has 2 heteroatoms. The van der Waals surface area contributed by atoms with E-state index in [0.29, 0.717) is 5.05 Å². The maximum Gasteiger partial charge on any atom is 0.177 e. The van der Waals surface area contributed by atoms with Crippen LogP contribution in [-0.2, 0) is 4.74 Å². The summed E-state index contributed by atoms with van der Waals surface area (Å²) in [5, 5.41) is 0.387. The van der Waals surface area contributed by atoms with Gasteiger partial charge in [0.25, 0.3) is 0 Å². The second-order valence-corrected chi connectivity index (χ2v) is 1.29. The first-order valence-corrected chi connectivity index (χ1v) is 1.81. The molecule has 0 saturated heterocycles. The van der Waals surface area contributed by atoms with Gasteiger partial charge in [0, 0.05) is 6.92 Å². The summed E-state index contributed by atoms with van der Waals surface area (Å²) in [5.41, 5.74) is 0. The maximum atomic E-state index is 4.67. The lowest BCUT2D eigenvalue weighted by molar-refractivity contribution is 0.523. The highest BCUT2D eigenvalue weighted by atomic mass is 32.1. The van der Waals surface area contributed by atoms with Gasteiger partial charge in [-0.1, -0.05) is 6.42 Å². The molecule has 0 aromatic carbocycles. The Labute approximate surface area is 42.3 Å². The average Bonchev–Trinajstić information content (AvgIpc) is 1.35. The van der Waals surface area contributed by atoms with E-state index < -0.39 is 0 Å². The zero-order valence-corrected chi connectivity index (χ0v) is 4.21. The van der Waals surface area contributed by atoms with Gasteiger partial charge in [0.1, 0.15) is 6.11 Å². The van der Waals surface area contributed by atoms with Gasteiger partial charge in [-0.25, -0.2) is 0 Å². The van der Waals surface area contributed by atoms with Crippen LogP contribution in [0.25, 0.3) is 0 Å². The Morgan fingerprint density at radius 2 is 2.50 bits per heavy atom. The molecule has 0 aromatic rings. The van der Waals surface area contributed by atoms with Gasteiger partial charge in [0.05, 0.1) is 0 Å². The molecule has 0 atom stereocenters. The van der Waals surface area contributed by atoms with E-state index in [4.69, 9.17) is 0 Å². The summed E-state index contributed by atoms with van der Waals surface area (Å²) in [6.07, 6.45) is 6.60. The van der Waals surface area contributed by atoms with Crippen LogP contribution in [0.1, 0.15) is 6.92 Å². The SMILES string of the molecule is C#COC(C)=S. The fourth-order valence-electron chi connectivity index (χ4n) is 0.0830. The highest BCUT2D eigenvalue weighted by Gasteiger charge is 1.73. The first kappa shape index (κ1) is 5.45. The van der Waals surface area contributed by atoms with E-state index >= 15 is 0 Å². The summed E-state index contributed by atoms with van der Waals surface area (Å²) >= 11 is 4.43. The van der Waals surface area contributed by atoms with Gasteiger partial charge in [0.15, 0.2) is 5.05 Å². The molecule has 0 amide bonds. The molecule has 0 N–H and O–H groups in total. The molecule has 0 heterocycles. The zero-order chi connectivity index (χ0) is 4.99. The summed E-state index contributed by atoms with van der Waals surface area (Å²) in [4.78, 5) is 0. The van der Waals surface area contributed by atoms with E-state index in [2.05, 4.69) is 23.4 Å². The van der Waals surface area contributed by atoms with Gasteiger partial charge in [-0.05, 0) is 12.2 Å². The van der Waals surface area contributed by atoms with E-state index in [1.807, 2.05) is 6.11 Å². The van der Waals surface area contributed by atoms with Gasteiger partial charge in [-0.2, -0.15) is 0 Å². The van der Waals surface area contributed by atoms with Crippen molar-refractivity contribution >= 4 is 17.3 Å². The maximum absolute atomic E-state index is 4.67. The highest BCUT2D eigenvalue weighted by molar-refractivity contribution is 7.80. The Morgan fingerprint density at radius 1 is 2.00 bits per heavy atom. The second kappa shape index (κ2) is 2.67. The molecule has 0 unspecified atom stereocenters. The zero-order valence-electron chi connectivity index (χ0n) is 3.39. The van der Waals surface area contributed by atoms with Crippen LogP contribution in [0.4, 0.5) is 0 Å². The molecule has 0 fully saturated rings. The fourth-order valence-corrected chi connectivity index (χ4v) is 0.131. The molecule has 0 bridgehead atoms. The number of hydrogen-bond acceptors (Lipinski definition) is 2. The number of rotatable bonds is 0. The van der Waals surface area contributed by atoms with Crippen LogP contribution in [0, 0.1) is 12.5 Å². The van der Waals surface area contributed by atoms with Gasteiger partial charge in [-0.15, -0.1) is 0 Å². The predicted molar refractivity (Wildman–Crippen MR) is 28.2 cm³/mol. The normalized spacial score (nSPS) is 6.00. The van der Waals surface area contributed by atoms with Crippen LogP contribution in [0.2, 0.25) is 0 Å². The molecule has 6 heavy (non-hydrogen) atoms. The Hall–Kier alpha value is -0.550. The summed E-state index contributed by atoms with van der Waals surface area (Å²) in [6.45, 7) is 1.62. The van der Waals surface area contributed by atoms with E-state index in [1.54, 1.807) is 6.92 Å². The lowest BCUT2D eigenvalue weighted by Crippen LogP contribution is -1.84. The smallest absolute Gasteiger partial charge is 0.177 e. The van der Waals surface area contributed by atoms with Gasteiger partial charge in [-0.3, -0.25) is 0 Å². The number of ether oxygens (including phenoxy) is 1. The van der Waals surface area contributed by atoms with Crippen LogP contribution in [-0.4, -0.2) is 5.05 Å². The molecule has 0 radical (unpaired) electrons. The second-order valence-electron chi connectivity index (χ2n) is 0.711. The van der Waals surface area contributed by atoms with Crippen molar-refractivity contribution in [2.75, 3.05) is 0 Å². The average molecular weight is 100 g/mol. The molecule has 1 nitrogen and oxygen atoms in total. The molecule has 0 spiro atoms. The van der Waals surface area contributed by atoms with E-state index in [-0.39, 0.29) is 0 Å². The third-order valence-corrected chi connectivity index (χ3v) is 0.286. The van der Waals surface area contributed by atoms with Crippen LogP contribution in [0.3, 0.4) is 0 Å². The lowest BCUT2D eigenvalue weighted by Gasteiger charge is -1.82. The first-order valence-electron chi connectivity index (χ1n) is 1.40. The van der Waals surface area contributed by atoms with Gasteiger partial charge >= 0.3 is 0 Å². The molecular weight excluding hydrogens is 96.1 g/mol. The molecule has 0 saturated carbocycles. The largest absolute Gasteiger partial charge is 0.401 e. The van der Waals surface area contributed by atoms with Crippen molar-refractivity contribution in [3.05, 3.63) is 0 Å². The Bertz CT molecular complexity index is 90.2. The molecule has 0 aliphatic heterocycles. The Morgan fingerprint density at radius 3 is 2.50 bits per heavy atom. The minimum atomic E-state index is 0.387. The van der Waals surface area contributed by atoms with Crippen LogP contribution < -0.4 is 0 Å². The van der Waals surface area contributed by atoms with Crippen molar-refractivity contribution < 1.29 is 4.74 Å². The standard InChI is InChI=1S/C4H4OS/c1-3-5-4(2)6/h1H,2H3. The van der Waals surface area contributed by atoms with Crippen molar-refractivity contribution in [3.8, 4) is 12.5 Å². The van der Waals surface area contributed by atoms with Crippen molar-refractivity contribution in [1.29, 1.82) is 0 Å². The Kier molecular flexibility index (Phi) is 2.43. The minimum absolute atomic E-state index is 0.387. The van der Waals surface area contributed by atoms with Crippen molar-refractivity contribution in [2.45, 2.75) is 6.92 Å². The van der Waals surface area contributed by atoms with Gasteiger partial charge < -0.3 is 4.74 Å². The summed E-state index contributed by atoms with van der Waals surface area (Å²) in [5.74, 6) is 0. The first-order chi connectivity index (χ1) is 2.77. The molecule has 0 aliphatic rings. The van der Waals surface area contributed by atoms with Crippen molar-refractivity contribution in [2.24, 2.45) is 0 Å². The van der Waals surface area contributed by atoms with Gasteiger partial charge in [0.2, 0.25) is 0 Å².